The lowest BCUT2D eigenvalue weighted by atomic mass is 9.92. The van der Waals surface area contributed by atoms with Gasteiger partial charge in [-0.05, 0) is 31.5 Å². The number of carbonyl (C=O) groups is 1. The van der Waals surface area contributed by atoms with Gasteiger partial charge < -0.3 is 14.6 Å². The fraction of sp³-hybridized carbons (Fsp3) is 0.500. The van der Waals surface area contributed by atoms with Crippen molar-refractivity contribution in [3.8, 4) is 11.5 Å². The highest BCUT2D eigenvalue weighted by Crippen LogP contribution is 2.31. The first-order chi connectivity index (χ1) is 8.54. The third-order valence-corrected chi connectivity index (χ3v) is 3.19. The third-order valence-electron chi connectivity index (χ3n) is 3.19. The fourth-order valence-electron chi connectivity index (χ4n) is 1.78. The zero-order chi connectivity index (χ0) is 13.2. The van der Waals surface area contributed by atoms with Gasteiger partial charge >= 0.3 is 0 Å². The van der Waals surface area contributed by atoms with Crippen molar-refractivity contribution in [2.75, 3.05) is 13.2 Å². The van der Waals surface area contributed by atoms with Crippen LogP contribution in [0, 0.1) is 0 Å². The van der Waals surface area contributed by atoms with Crippen molar-refractivity contribution < 1.29 is 19.4 Å². The molecule has 0 aromatic heterocycles. The minimum Gasteiger partial charge on any atom is -0.490 e. The first-order valence-electron chi connectivity index (χ1n) is 6.21. The van der Waals surface area contributed by atoms with E-state index in [2.05, 4.69) is 0 Å². The number of carbonyl (C=O) groups excluding carboxylic acids is 1. The molecule has 4 heteroatoms. The van der Waals surface area contributed by atoms with Crippen LogP contribution in [0.4, 0.5) is 0 Å². The zero-order valence-corrected chi connectivity index (χ0v) is 10.7. The van der Waals surface area contributed by atoms with Gasteiger partial charge in [-0.25, -0.2) is 0 Å². The van der Waals surface area contributed by atoms with E-state index in [0.29, 0.717) is 36.7 Å². The molecule has 1 aromatic carbocycles. The van der Waals surface area contributed by atoms with Crippen molar-refractivity contribution in [2.45, 2.75) is 32.3 Å². The number of aliphatic hydroxyl groups is 1. The van der Waals surface area contributed by atoms with Crippen molar-refractivity contribution in [1.29, 1.82) is 0 Å². The maximum absolute atomic E-state index is 12.1. The van der Waals surface area contributed by atoms with Crippen molar-refractivity contribution >= 4 is 5.78 Å². The van der Waals surface area contributed by atoms with Crippen molar-refractivity contribution in [1.82, 2.24) is 0 Å². The number of Topliss-reactive ketones (excluding diaryl/α,β-unsaturated/α-hetero) is 1. The average molecular weight is 250 g/mol. The summed E-state index contributed by atoms with van der Waals surface area (Å²) in [4.78, 5) is 12.1. The Kier molecular flexibility index (Phi) is 3.57. The Labute approximate surface area is 107 Å². The highest BCUT2D eigenvalue weighted by Gasteiger charge is 2.29. The highest BCUT2D eigenvalue weighted by atomic mass is 16.5. The number of hydrogen-bond donors (Lipinski definition) is 1. The van der Waals surface area contributed by atoms with Gasteiger partial charge in [0.2, 0.25) is 0 Å². The van der Waals surface area contributed by atoms with Crippen LogP contribution in [-0.2, 0) is 0 Å². The van der Waals surface area contributed by atoms with E-state index >= 15 is 0 Å². The second-order valence-corrected chi connectivity index (χ2v) is 4.67. The number of fused-ring (bicyclic) bond motifs is 1. The predicted octanol–water partition coefficient (Wildman–Crippen LogP) is 2.19. The average Bonchev–Trinajstić information content (AvgIpc) is 2.62. The fourth-order valence-corrected chi connectivity index (χ4v) is 1.78. The molecule has 18 heavy (non-hydrogen) atoms. The Balaban J connectivity index is 2.31. The lowest BCUT2D eigenvalue weighted by Gasteiger charge is -2.20. The first kappa shape index (κ1) is 12.9. The summed E-state index contributed by atoms with van der Waals surface area (Å²) >= 11 is 0. The van der Waals surface area contributed by atoms with Crippen LogP contribution >= 0.6 is 0 Å². The molecule has 0 radical (unpaired) electrons. The first-order valence-corrected chi connectivity index (χ1v) is 6.21. The van der Waals surface area contributed by atoms with E-state index in [1.54, 1.807) is 25.1 Å². The molecule has 1 aliphatic rings. The maximum atomic E-state index is 12.1. The monoisotopic (exact) mass is 250 g/mol. The molecule has 0 spiro atoms. The predicted molar refractivity (Wildman–Crippen MR) is 67.3 cm³/mol. The summed E-state index contributed by atoms with van der Waals surface area (Å²) in [5.41, 5.74) is -0.883. The van der Waals surface area contributed by atoms with E-state index in [1.165, 1.54) is 6.92 Å². The minimum atomic E-state index is -1.33. The summed E-state index contributed by atoms with van der Waals surface area (Å²) in [5.74, 6) is 0.936. The van der Waals surface area contributed by atoms with Gasteiger partial charge in [0.1, 0.15) is 5.60 Å². The van der Waals surface area contributed by atoms with Gasteiger partial charge in [-0.3, -0.25) is 4.79 Å². The van der Waals surface area contributed by atoms with Crippen LogP contribution in [0.5, 0.6) is 11.5 Å². The van der Waals surface area contributed by atoms with E-state index in [4.69, 9.17) is 9.47 Å². The smallest absolute Gasteiger partial charge is 0.194 e. The molecule has 0 saturated heterocycles. The van der Waals surface area contributed by atoms with Crippen LogP contribution in [0.2, 0.25) is 0 Å². The summed E-state index contributed by atoms with van der Waals surface area (Å²) in [6.45, 7) is 4.50. The van der Waals surface area contributed by atoms with E-state index in [0.717, 1.165) is 6.42 Å². The van der Waals surface area contributed by atoms with Gasteiger partial charge in [-0.2, -0.15) is 0 Å². The molecule has 1 aliphatic heterocycles. The maximum Gasteiger partial charge on any atom is 0.194 e. The van der Waals surface area contributed by atoms with Crippen LogP contribution in [0.25, 0.3) is 0 Å². The molecule has 1 atom stereocenters. The molecule has 0 amide bonds. The Bertz CT molecular complexity index is 451. The Hall–Kier alpha value is -1.55. The molecule has 2 rings (SSSR count). The molecule has 1 N–H and O–H groups in total. The van der Waals surface area contributed by atoms with E-state index in [-0.39, 0.29) is 5.78 Å². The number of rotatable bonds is 3. The van der Waals surface area contributed by atoms with Gasteiger partial charge in [-0.1, -0.05) is 6.92 Å². The van der Waals surface area contributed by atoms with Crippen LogP contribution in [0.1, 0.15) is 37.0 Å². The molecule has 0 bridgehead atoms. The Morgan fingerprint density at radius 2 is 2.00 bits per heavy atom. The van der Waals surface area contributed by atoms with E-state index in [1.807, 2.05) is 0 Å². The second kappa shape index (κ2) is 4.98. The molecule has 1 unspecified atom stereocenters. The highest BCUT2D eigenvalue weighted by molar-refractivity contribution is 6.02. The number of ketones is 1. The van der Waals surface area contributed by atoms with Crippen LogP contribution < -0.4 is 9.47 Å². The number of ether oxygens (including phenoxy) is 2. The summed E-state index contributed by atoms with van der Waals surface area (Å²) in [6, 6.07) is 5.03. The molecule has 0 saturated carbocycles. The van der Waals surface area contributed by atoms with Crippen LogP contribution in [-0.4, -0.2) is 29.7 Å². The zero-order valence-electron chi connectivity index (χ0n) is 10.7. The van der Waals surface area contributed by atoms with Crippen LogP contribution in [0.3, 0.4) is 0 Å². The molecule has 1 heterocycles. The molecule has 0 aliphatic carbocycles. The molecular weight excluding hydrogens is 232 g/mol. The normalized spacial score (nSPS) is 17.7. The van der Waals surface area contributed by atoms with Crippen molar-refractivity contribution in [2.24, 2.45) is 0 Å². The lowest BCUT2D eigenvalue weighted by molar-refractivity contribution is 0.0390. The van der Waals surface area contributed by atoms with E-state index < -0.39 is 5.60 Å². The lowest BCUT2D eigenvalue weighted by Crippen LogP contribution is -2.34. The summed E-state index contributed by atoms with van der Waals surface area (Å²) in [5, 5.41) is 9.98. The van der Waals surface area contributed by atoms with Gasteiger partial charge in [0, 0.05) is 12.0 Å². The number of hydrogen-bond acceptors (Lipinski definition) is 4. The van der Waals surface area contributed by atoms with Gasteiger partial charge in [0.05, 0.1) is 13.2 Å². The van der Waals surface area contributed by atoms with Gasteiger partial charge in [-0.15, -0.1) is 0 Å². The standard InChI is InChI=1S/C14H18O4/c1-3-14(2,16)13(15)10-5-6-11-12(9-10)18-8-4-7-17-11/h5-6,9,16H,3-4,7-8H2,1-2H3. The Morgan fingerprint density at radius 1 is 1.33 bits per heavy atom. The molecule has 1 aromatic rings. The summed E-state index contributed by atoms with van der Waals surface area (Å²) in [6.07, 6.45) is 1.20. The minimum absolute atomic E-state index is 0.291. The quantitative estimate of drug-likeness (QED) is 0.835. The third kappa shape index (κ3) is 2.48. The summed E-state index contributed by atoms with van der Waals surface area (Å²) < 4.78 is 11.0. The molecule has 98 valence electrons. The van der Waals surface area contributed by atoms with Gasteiger partial charge in [0.25, 0.3) is 0 Å². The largest absolute Gasteiger partial charge is 0.490 e. The SMILES string of the molecule is CCC(C)(O)C(=O)c1ccc2c(c1)OCCCO2. The topological polar surface area (TPSA) is 55.8 Å². The molecular formula is C14H18O4. The second-order valence-electron chi connectivity index (χ2n) is 4.67. The van der Waals surface area contributed by atoms with Crippen molar-refractivity contribution in [3.63, 3.8) is 0 Å². The summed E-state index contributed by atoms with van der Waals surface area (Å²) in [7, 11) is 0. The van der Waals surface area contributed by atoms with E-state index in [9.17, 15) is 9.90 Å². The number of benzene rings is 1. The van der Waals surface area contributed by atoms with Crippen LogP contribution in [0.15, 0.2) is 18.2 Å². The molecule has 0 fully saturated rings. The van der Waals surface area contributed by atoms with Crippen molar-refractivity contribution in [3.05, 3.63) is 23.8 Å². The van der Waals surface area contributed by atoms with Gasteiger partial charge in [0.15, 0.2) is 17.3 Å². The molecule has 4 nitrogen and oxygen atoms in total. The Morgan fingerprint density at radius 3 is 2.67 bits per heavy atom.